The molecule has 0 aromatic heterocycles. The van der Waals surface area contributed by atoms with Gasteiger partial charge in [-0.05, 0) is 25.2 Å². The third kappa shape index (κ3) is 5.07. The predicted molar refractivity (Wildman–Crippen MR) is 70.2 cm³/mol. The van der Waals surface area contributed by atoms with Crippen LogP contribution in [0, 0.1) is 17.8 Å². The molecule has 1 saturated carbocycles. The van der Waals surface area contributed by atoms with E-state index in [9.17, 15) is 9.59 Å². The minimum atomic E-state index is -0.812. The third-order valence-corrected chi connectivity index (χ3v) is 3.60. The molecule has 4 heteroatoms. The molecule has 1 rings (SSSR count). The van der Waals surface area contributed by atoms with Crippen molar-refractivity contribution in [2.45, 2.75) is 52.4 Å². The first-order valence-corrected chi connectivity index (χ1v) is 7.01. The van der Waals surface area contributed by atoms with Crippen molar-refractivity contribution in [3.63, 3.8) is 0 Å². The van der Waals surface area contributed by atoms with Crippen LogP contribution in [0.5, 0.6) is 0 Å². The van der Waals surface area contributed by atoms with E-state index < -0.39 is 11.9 Å². The zero-order chi connectivity index (χ0) is 13.5. The highest BCUT2D eigenvalue weighted by Gasteiger charge is 2.24. The maximum atomic E-state index is 11.9. The van der Waals surface area contributed by atoms with E-state index in [0.717, 1.165) is 25.7 Å². The quantitative estimate of drug-likeness (QED) is 0.766. The van der Waals surface area contributed by atoms with Crippen molar-refractivity contribution in [1.29, 1.82) is 0 Å². The van der Waals surface area contributed by atoms with Crippen LogP contribution in [0.1, 0.15) is 52.4 Å². The number of hydrogen-bond donors (Lipinski definition) is 2. The Balaban J connectivity index is 2.36. The minimum absolute atomic E-state index is 0.0460. The summed E-state index contributed by atoms with van der Waals surface area (Å²) in [7, 11) is 0. The van der Waals surface area contributed by atoms with E-state index in [1.54, 1.807) is 0 Å². The number of carbonyl (C=O) groups excluding carboxylic acids is 1. The number of carbonyl (C=O) groups is 2. The van der Waals surface area contributed by atoms with E-state index in [4.69, 9.17) is 5.11 Å². The number of carboxylic acids is 1. The lowest BCUT2D eigenvalue weighted by Crippen LogP contribution is -2.37. The van der Waals surface area contributed by atoms with Crippen molar-refractivity contribution >= 4 is 11.9 Å². The van der Waals surface area contributed by atoms with E-state index in [1.165, 1.54) is 6.42 Å². The smallest absolute Gasteiger partial charge is 0.308 e. The molecule has 1 fully saturated rings. The summed E-state index contributed by atoms with van der Waals surface area (Å²) in [5, 5.41) is 11.9. The Hall–Kier alpha value is -1.06. The maximum absolute atomic E-state index is 11.9. The van der Waals surface area contributed by atoms with Gasteiger partial charge in [-0.3, -0.25) is 9.59 Å². The molecule has 1 amide bonds. The summed E-state index contributed by atoms with van der Waals surface area (Å²) in [6.07, 6.45) is 5.97. The normalized spacial score (nSPS) is 18.6. The lowest BCUT2D eigenvalue weighted by Gasteiger charge is -2.22. The van der Waals surface area contributed by atoms with Gasteiger partial charge in [-0.25, -0.2) is 0 Å². The molecule has 2 N–H and O–H groups in total. The zero-order valence-corrected chi connectivity index (χ0v) is 11.4. The van der Waals surface area contributed by atoms with E-state index >= 15 is 0 Å². The van der Waals surface area contributed by atoms with Crippen LogP contribution in [0.4, 0.5) is 0 Å². The van der Waals surface area contributed by atoms with Gasteiger partial charge in [0.25, 0.3) is 0 Å². The Morgan fingerprint density at radius 2 is 1.83 bits per heavy atom. The van der Waals surface area contributed by atoms with Crippen molar-refractivity contribution < 1.29 is 14.7 Å². The van der Waals surface area contributed by atoms with Gasteiger partial charge in [-0.15, -0.1) is 0 Å². The summed E-state index contributed by atoms with van der Waals surface area (Å²) in [4.78, 5) is 23.0. The largest absolute Gasteiger partial charge is 0.481 e. The van der Waals surface area contributed by atoms with Crippen LogP contribution >= 0.6 is 0 Å². The molecule has 1 atom stereocenters. The molecule has 1 aliphatic carbocycles. The number of aliphatic carboxylic acids is 1. The van der Waals surface area contributed by atoms with Crippen LogP contribution < -0.4 is 5.32 Å². The molecule has 0 heterocycles. The van der Waals surface area contributed by atoms with Crippen LogP contribution in [0.15, 0.2) is 0 Å². The first-order valence-electron chi connectivity index (χ1n) is 7.01. The highest BCUT2D eigenvalue weighted by molar-refractivity contribution is 5.79. The van der Waals surface area contributed by atoms with Gasteiger partial charge in [0.1, 0.15) is 0 Å². The van der Waals surface area contributed by atoms with Gasteiger partial charge in [0.05, 0.1) is 5.92 Å². The summed E-state index contributed by atoms with van der Waals surface area (Å²) in [5.41, 5.74) is 0. The Morgan fingerprint density at radius 3 is 2.33 bits per heavy atom. The summed E-state index contributed by atoms with van der Waals surface area (Å²) >= 11 is 0. The maximum Gasteiger partial charge on any atom is 0.308 e. The molecule has 0 saturated heterocycles. The lowest BCUT2D eigenvalue weighted by atomic mass is 9.88. The second-order valence-corrected chi connectivity index (χ2v) is 5.74. The lowest BCUT2D eigenvalue weighted by molar-refractivity contribution is -0.142. The second kappa shape index (κ2) is 7.39. The topological polar surface area (TPSA) is 66.4 Å². The number of rotatable bonds is 6. The van der Waals surface area contributed by atoms with Crippen LogP contribution in [0.2, 0.25) is 0 Å². The molecule has 0 aromatic carbocycles. The molecule has 0 aromatic rings. The molecule has 0 spiro atoms. The monoisotopic (exact) mass is 255 g/mol. The summed E-state index contributed by atoms with van der Waals surface area (Å²) in [6, 6.07) is 0. The average Bonchev–Trinajstić information content (AvgIpc) is 2.34. The van der Waals surface area contributed by atoms with Gasteiger partial charge in [0.15, 0.2) is 0 Å². The molecule has 104 valence electrons. The third-order valence-electron chi connectivity index (χ3n) is 3.60. The van der Waals surface area contributed by atoms with Gasteiger partial charge < -0.3 is 10.4 Å². The fraction of sp³-hybridized carbons (Fsp3) is 0.857. The second-order valence-electron chi connectivity index (χ2n) is 5.74. The molecular weight excluding hydrogens is 230 g/mol. The highest BCUT2D eigenvalue weighted by atomic mass is 16.4. The van der Waals surface area contributed by atoms with Crippen LogP contribution in [0.25, 0.3) is 0 Å². The first-order chi connectivity index (χ1) is 8.50. The van der Waals surface area contributed by atoms with Crippen molar-refractivity contribution in [1.82, 2.24) is 5.32 Å². The molecule has 4 nitrogen and oxygen atoms in total. The standard InChI is InChI=1S/C14H25NO3/c1-10(2)8-12(14(17)18)9-15-13(16)11-6-4-3-5-7-11/h10-12H,3-9H2,1-2H3,(H,15,16)(H,17,18). The van der Waals surface area contributed by atoms with Crippen LogP contribution in [0.3, 0.4) is 0 Å². The van der Waals surface area contributed by atoms with Crippen LogP contribution in [-0.4, -0.2) is 23.5 Å². The predicted octanol–water partition coefficient (Wildman–Crippen LogP) is 2.43. The van der Waals surface area contributed by atoms with Gasteiger partial charge in [0.2, 0.25) is 5.91 Å². The number of nitrogens with one attached hydrogen (secondary N) is 1. The zero-order valence-electron chi connectivity index (χ0n) is 11.4. The van der Waals surface area contributed by atoms with Gasteiger partial charge >= 0.3 is 5.97 Å². The number of carboxylic acid groups (broad SMARTS) is 1. The molecule has 0 radical (unpaired) electrons. The fourth-order valence-electron chi connectivity index (χ4n) is 2.57. The molecular formula is C14H25NO3. The summed E-state index contributed by atoms with van der Waals surface area (Å²) in [5.74, 6) is -0.792. The van der Waals surface area contributed by atoms with Gasteiger partial charge in [-0.1, -0.05) is 33.1 Å². The van der Waals surface area contributed by atoms with Crippen molar-refractivity contribution in [2.75, 3.05) is 6.54 Å². The fourth-order valence-corrected chi connectivity index (χ4v) is 2.57. The Bertz CT molecular complexity index is 283. The number of hydrogen-bond acceptors (Lipinski definition) is 2. The van der Waals surface area contributed by atoms with Crippen molar-refractivity contribution in [3.8, 4) is 0 Å². The van der Waals surface area contributed by atoms with Gasteiger partial charge in [0, 0.05) is 12.5 Å². The first kappa shape index (κ1) is 15.0. The van der Waals surface area contributed by atoms with Crippen molar-refractivity contribution in [3.05, 3.63) is 0 Å². The van der Waals surface area contributed by atoms with E-state index in [1.807, 2.05) is 13.8 Å². The highest BCUT2D eigenvalue weighted by Crippen LogP contribution is 2.23. The average molecular weight is 255 g/mol. The van der Waals surface area contributed by atoms with E-state index in [2.05, 4.69) is 5.32 Å². The van der Waals surface area contributed by atoms with Crippen LogP contribution in [-0.2, 0) is 9.59 Å². The Kier molecular flexibility index (Phi) is 6.16. The molecule has 1 aliphatic rings. The summed E-state index contributed by atoms with van der Waals surface area (Å²) in [6.45, 7) is 4.26. The minimum Gasteiger partial charge on any atom is -0.481 e. The molecule has 1 unspecified atom stereocenters. The Morgan fingerprint density at radius 1 is 1.22 bits per heavy atom. The molecule has 0 aliphatic heterocycles. The molecule has 0 bridgehead atoms. The molecule has 18 heavy (non-hydrogen) atoms. The SMILES string of the molecule is CC(C)CC(CNC(=O)C1CCCCC1)C(=O)O. The Labute approximate surface area is 109 Å². The number of amides is 1. The summed E-state index contributed by atoms with van der Waals surface area (Å²) < 4.78 is 0. The van der Waals surface area contributed by atoms with E-state index in [-0.39, 0.29) is 18.4 Å². The van der Waals surface area contributed by atoms with E-state index in [0.29, 0.717) is 12.3 Å². The van der Waals surface area contributed by atoms with Gasteiger partial charge in [-0.2, -0.15) is 0 Å². The van der Waals surface area contributed by atoms with Crippen molar-refractivity contribution in [2.24, 2.45) is 17.8 Å².